The quantitative estimate of drug-likeness (QED) is 0.512. The van der Waals surface area contributed by atoms with Gasteiger partial charge in [0.1, 0.15) is 11.6 Å². The molecular formula is C16H19BrFO2Si. The van der Waals surface area contributed by atoms with Gasteiger partial charge in [0.25, 0.3) is 0 Å². The van der Waals surface area contributed by atoms with E-state index in [0.717, 1.165) is 11.4 Å². The van der Waals surface area contributed by atoms with Crippen molar-refractivity contribution < 1.29 is 13.9 Å². The Labute approximate surface area is 135 Å². The van der Waals surface area contributed by atoms with Crippen molar-refractivity contribution in [1.82, 2.24) is 0 Å². The maximum Gasteiger partial charge on any atom is 0.189 e. The molecule has 1 radical (unpaired) electrons. The van der Waals surface area contributed by atoms with Crippen molar-refractivity contribution in [3.8, 4) is 5.75 Å². The molecule has 0 aliphatic rings. The molecule has 0 N–H and O–H groups in total. The summed E-state index contributed by atoms with van der Waals surface area (Å²) in [5.74, 6) is 0.432. The van der Waals surface area contributed by atoms with Crippen molar-refractivity contribution in [2.24, 2.45) is 0 Å². The molecule has 0 saturated heterocycles. The Morgan fingerprint density at radius 1 is 1.29 bits per heavy atom. The standard InChI is InChI=1S/C16H19BrFO2Si/c1-11(9-21(2)3)19-10-20-13-7-12-5-4-6-15(18)16(12)14(17)8-13/h4-8,11H,9-10H2,1-3H3. The molecule has 21 heavy (non-hydrogen) atoms. The van der Waals surface area contributed by atoms with Gasteiger partial charge in [-0.25, -0.2) is 4.39 Å². The van der Waals surface area contributed by atoms with E-state index in [-0.39, 0.29) is 27.5 Å². The van der Waals surface area contributed by atoms with Gasteiger partial charge in [0.2, 0.25) is 0 Å². The number of hydrogen-bond donors (Lipinski definition) is 0. The monoisotopic (exact) mass is 369 g/mol. The van der Waals surface area contributed by atoms with Crippen LogP contribution < -0.4 is 4.74 Å². The molecule has 2 nitrogen and oxygen atoms in total. The lowest BCUT2D eigenvalue weighted by molar-refractivity contribution is -0.0201. The molecule has 0 spiro atoms. The summed E-state index contributed by atoms with van der Waals surface area (Å²) in [7, 11) is -0.297. The van der Waals surface area contributed by atoms with Gasteiger partial charge in [-0.1, -0.05) is 25.2 Å². The molecule has 1 unspecified atom stereocenters. The highest BCUT2D eigenvalue weighted by Gasteiger charge is 2.09. The third-order valence-electron chi connectivity index (χ3n) is 3.13. The summed E-state index contributed by atoms with van der Waals surface area (Å²) in [6, 6.07) is 9.70. The highest BCUT2D eigenvalue weighted by atomic mass is 79.9. The lowest BCUT2D eigenvalue weighted by Gasteiger charge is -2.15. The summed E-state index contributed by atoms with van der Waals surface area (Å²) in [6.07, 6.45) is 0.204. The SMILES string of the molecule is CC(C[Si](C)C)OCOc1cc(Br)c2c(F)cccc2c1. The Balaban J connectivity index is 2.03. The second-order valence-corrected chi connectivity index (χ2v) is 9.07. The molecule has 0 saturated carbocycles. The second kappa shape index (κ2) is 7.38. The number of rotatable bonds is 6. The molecule has 2 aromatic rings. The van der Waals surface area contributed by atoms with Crippen LogP contribution in [-0.4, -0.2) is 21.7 Å². The molecule has 1 atom stereocenters. The third-order valence-corrected chi connectivity index (χ3v) is 5.14. The first-order chi connectivity index (χ1) is 9.97. The van der Waals surface area contributed by atoms with E-state index < -0.39 is 0 Å². The molecule has 0 bridgehead atoms. The normalized spacial score (nSPS) is 12.9. The minimum absolute atomic E-state index is 0.204. The topological polar surface area (TPSA) is 18.5 Å². The molecule has 113 valence electrons. The number of benzene rings is 2. The highest BCUT2D eigenvalue weighted by Crippen LogP contribution is 2.31. The van der Waals surface area contributed by atoms with Gasteiger partial charge in [-0.3, -0.25) is 0 Å². The zero-order valence-corrected chi connectivity index (χ0v) is 15.0. The summed E-state index contributed by atoms with van der Waals surface area (Å²) in [4.78, 5) is 0. The van der Waals surface area contributed by atoms with Crippen LogP contribution in [0.5, 0.6) is 5.75 Å². The van der Waals surface area contributed by atoms with Crippen LogP contribution in [0, 0.1) is 5.82 Å². The molecule has 2 rings (SSSR count). The van der Waals surface area contributed by atoms with E-state index in [2.05, 4.69) is 35.9 Å². The predicted molar refractivity (Wildman–Crippen MR) is 89.9 cm³/mol. The van der Waals surface area contributed by atoms with Gasteiger partial charge in [-0.2, -0.15) is 0 Å². The fraction of sp³-hybridized carbons (Fsp3) is 0.375. The lowest BCUT2D eigenvalue weighted by Crippen LogP contribution is -2.17. The number of fused-ring (bicyclic) bond motifs is 1. The van der Waals surface area contributed by atoms with Gasteiger partial charge < -0.3 is 9.47 Å². The number of ether oxygens (including phenoxy) is 2. The van der Waals surface area contributed by atoms with Crippen LogP contribution in [0.15, 0.2) is 34.8 Å². The van der Waals surface area contributed by atoms with Crippen molar-refractivity contribution in [3.05, 3.63) is 40.6 Å². The average molecular weight is 370 g/mol. The smallest absolute Gasteiger partial charge is 0.189 e. The Morgan fingerprint density at radius 3 is 2.76 bits per heavy atom. The van der Waals surface area contributed by atoms with E-state index in [9.17, 15) is 4.39 Å². The zero-order valence-electron chi connectivity index (χ0n) is 12.5. The Bertz CT molecular complexity index is 618. The number of halogens is 2. The van der Waals surface area contributed by atoms with Gasteiger partial charge in [-0.05, 0) is 52.5 Å². The van der Waals surface area contributed by atoms with Crippen LogP contribution in [0.4, 0.5) is 4.39 Å². The minimum atomic E-state index is -0.297. The molecular weight excluding hydrogens is 351 g/mol. The van der Waals surface area contributed by atoms with Crippen molar-refractivity contribution in [2.45, 2.75) is 32.2 Å². The summed E-state index contributed by atoms with van der Waals surface area (Å²) in [5.41, 5.74) is 0. The van der Waals surface area contributed by atoms with Gasteiger partial charge in [0.05, 0.1) is 6.10 Å². The van der Waals surface area contributed by atoms with E-state index in [4.69, 9.17) is 9.47 Å². The fourth-order valence-electron chi connectivity index (χ4n) is 2.24. The van der Waals surface area contributed by atoms with Crippen LogP contribution in [0.2, 0.25) is 19.1 Å². The summed E-state index contributed by atoms with van der Waals surface area (Å²) in [6.45, 7) is 6.80. The van der Waals surface area contributed by atoms with Crippen molar-refractivity contribution in [3.63, 3.8) is 0 Å². The molecule has 0 fully saturated rings. The molecule has 0 amide bonds. The van der Waals surface area contributed by atoms with Crippen molar-refractivity contribution >= 4 is 35.5 Å². The van der Waals surface area contributed by atoms with Crippen LogP contribution in [0.3, 0.4) is 0 Å². The highest BCUT2D eigenvalue weighted by molar-refractivity contribution is 9.10. The molecule has 5 heteroatoms. The largest absolute Gasteiger partial charge is 0.467 e. The van der Waals surface area contributed by atoms with E-state index in [1.165, 1.54) is 6.07 Å². The maximum atomic E-state index is 13.8. The first-order valence-electron chi connectivity index (χ1n) is 6.88. The van der Waals surface area contributed by atoms with E-state index >= 15 is 0 Å². The van der Waals surface area contributed by atoms with E-state index in [1.54, 1.807) is 12.1 Å². The van der Waals surface area contributed by atoms with Gasteiger partial charge >= 0.3 is 0 Å². The average Bonchev–Trinajstić information content (AvgIpc) is 2.37. The Kier molecular flexibility index (Phi) is 5.78. The van der Waals surface area contributed by atoms with Crippen LogP contribution in [0.1, 0.15) is 6.92 Å². The summed E-state index contributed by atoms with van der Waals surface area (Å²) >= 11 is 3.40. The molecule has 0 aliphatic heterocycles. The number of hydrogen-bond acceptors (Lipinski definition) is 2. The van der Waals surface area contributed by atoms with Crippen LogP contribution >= 0.6 is 15.9 Å². The third kappa shape index (κ3) is 4.53. The summed E-state index contributed by atoms with van der Waals surface area (Å²) in [5, 5.41) is 1.38. The molecule has 2 aromatic carbocycles. The van der Waals surface area contributed by atoms with E-state index in [1.807, 2.05) is 12.1 Å². The zero-order chi connectivity index (χ0) is 15.4. The van der Waals surface area contributed by atoms with E-state index in [0.29, 0.717) is 15.6 Å². The predicted octanol–water partition coefficient (Wildman–Crippen LogP) is 5.24. The Hall–Kier alpha value is -0.913. The van der Waals surface area contributed by atoms with Crippen molar-refractivity contribution in [2.75, 3.05) is 6.79 Å². The minimum Gasteiger partial charge on any atom is -0.467 e. The van der Waals surface area contributed by atoms with Gasteiger partial charge in [0.15, 0.2) is 6.79 Å². The Morgan fingerprint density at radius 2 is 2.05 bits per heavy atom. The molecule has 0 aromatic heterocycles. The lowest BCUT2D eigenvalue weighted by atomic mass is 10.1. The maximum absolute atomic E-state index is 13.8. The first kappa shape index (κ1) is 16.5. The first-order valence-corrected chi connectivity index (χ1v) is 10.4. The second-order valence-electron chi connectivity index (χ2n) is 5.39. The van der Waals surface area contributed by atoms with Gasteiger partial charge in [-0.15, -0.1) is 0 Å². The van der Waals surface area contributed by atoms with Crippen LogP contribution in [-0.2, 0) is 4.74 Å². The van der Waals surface area contributed by atoms with Gasteiger partial charge in [0, 0.05) is 18.7 Å². The van der Waals surface area contributed by atoms with Crippen molar-refractivity contribution in [1.29, 1.82) is 0 Å². The fourth-order valence-corrected chi connectivity index (χ4v) is 4.15. The molecule has 0 heterocycles. The van der Waals surface area contributed by atoms with Crippen LogP contribution in [0.25, 0.3) is 10.8 Å². The molecule has 0 aliphatic carbocycles. The summed E-state index contributed by atoms with van der Waals surface area (Å²) < 4.78 is 25.7.